The Bertz CT molecular complexity index is 554. The number of guanidine groups is 1. The topological polar surface area (TPSA) is 75.1 Å². The summed E-state index contributed by atoms with van der Waals surface area (Å²) in [5, 5.41) is 16.0. The van der Waals surface area contributed by atoms with Crippen LogP contribution in [0.1, 0.15) is 38.2 Å². The summed E-state index contributed by atoms with van der Waals surface area (Å²) < 4.78 is 11.3. The van der Waals surface area contributed by atoms with Crippen LogP contribution < -0.4 is 15.4 Å². The standard InChI is InChI=1S/C21H35N3O3/c1-3-22-20(24-16-21(10-13-25)11-15-26-17-21)23-12-4-5-14-27-19-8-6-18(2)7-9-19/h6-9,25H,3-5,10-17H2,1-2H3,(H2,22,23,24). The normalized spacial score (nSPS) is 19.9. The van der Waals surface area contributed by atoms with Gasteiger partial charge in [-0.15, -0.1) is 0 Å². The third-order valence-corrected chi connectivity index (χ3v) is 4.90. The highest BCUT2D eigenvalue weighted by Gasteiger charge is 2.34. The van der Waals surface area contributed by atoms with Gasteiger partial charge in [0.2, 0.25) is 0 Å². The van der Waals surface area contributed by atoms with Gasteiger partial charge in [0.15, 0.2) is 5.96 Å². The number of rotatable bonds is 11. The van der Waals surface area contributed by atoms with E-state index in [1.54, 1.807) is 0 Å². The second-order valence-corrected chi connectivity index (χ2v) is 7.27. The van der Waals surface area contributed by atoms with Crippen LogP contribution in [0, 0.1) is 12.3 Å². The molecule has 1 unspecified atom stereocenters. The quantitative estimate of drug-likeness (QED) is 0.314. The van der Waals surface area contributed by atoms with E-state index >= 15 is 0 Å². The number of nitrogens with one attached hydrogen (secondary N) is 2. The number of nitrogens with zero attached hydrogens (tertiary/aromatic N) is 1. The Morgan fingerprint density at radius 3 is 2.74 bits per heavy atom. The Hall–Kier alpha value is -1.79. The van der Waals surface area contributed by atoms with Crippen LogP contribution in [0.4, 0.5) is 0 Å². The van der Waals surface area contributed by atoms with Crippen LogP contribution in [-0.2, 0) is 4.74 Å². The molecule has 0 saturated carbocycles. The summed E-state index contributed by atoms with van der Waals surface area (Å²) in [6.45, 7) is 8.85. The molecule has 6 heteroatoms. The van der Waals surface area contributed by atoms with Crippen molar-refractivity contribution in [2.45, 2.75) is 39.5 Å². The minimum Gasteiger partial charge on any atom is -0.494 e. The summed E-state index contributed by atoms with van der Waals surface area (Å²) >= 11 is 0. The maximum Gasteiger partial charge on any atom is 0.191 e. The molecule has 152 valence electrons. The summed E-state index contributed by atoms with van der Waals surface area (Å²) in [6.07, 6.45) is 3.71. The van der Waals surface area contributed by atoms with Crippen LogP contribution >= 0.6 is 0 Å². The molecule has 1 saturated heterocycles. The van der Waals surface area contributed by atoms with Crippen molar-refractivity contribution in [1.29, 1.82) is 0 Å². The van der Waals surface area contributed by atoms with Gasteiger partial charge in [-0.3, -0.25) is 4.99 Å². The van der Waals surface area contributed by atoms with E-state index in [4.69, 9.17) is 14.5 Å². The number of hydrogen-bond donors (Lipinski definition) is 3. The number of unbranched alkanes of at least 4 members (excludes halogenated alkanes) is 1. The first kappa shape index (κ1) is 21.5. The van der Waals surface area contributed by atoms with Gasteiger partial charge in [-0.2, -0.15) is 0 Å². The molecule has 0 aromatic heterocycles. The van der Waals surface area contributed by atoms with Gasteiger partial charge in [-0.05, 0) is 51.7 Å². The smallest absolute Gasteiger partial charge is 0.191 e. The number of aryl methyl sites for hydroxylation is 1. The average Bonchev–Trinajstić information content (AvgIpc) is 3.13. The summed E-state index contributed by atoms with van der Waals surface area (Å²) in [5.41, 5.74) is 1.23. The number of ether oxygens (including phenoxy) is 2. The van der Waals surface area contributed by atoms with Crippen molar-refractivity contribution in [1.82, 2.24) is 10.6 Å². The van der Waals surface area contributed by atoms with Crippen LogP contribution in [0.3, 0.4) is 0 Å². The van der Waals surface area contributed by atoms with E-state index in [1.807, 2.05) is 12.1 Å². The van der Waals surface area contributed by atoms with Crippen molar-refractivity contribution < 1.29 is 14.6 Å². The molecule has 1 fully saturated rings. The second kappa shape index (κ2) is 11.8. The van der Waals surface area contributed by atoms with Crippen molar-refractivity contribution in [2.75, 3.05) is 46.1 Å². The molecule has 1 aliphatic rings. The Balaban J connectivity index is 1.68. The molecule has 1 aliphatic heterocycles. The first-order valence-electron chi connectivity index (χ1n) is 10.1. The van der Waals surface area contributed by atoms with Crippen molar-refractivity contribution in [2.24, 2.45) is 10.4 Å². The largest absolute Gasteiger partial charge is 0.494 e. The van der Waals surface area contributed by atoms with Crippen molar-refractivity contribution in [3.05, 3.63) is 29.8 Å². The molecule has 2 rings (SSSR count). The van der Waals surface area contributed by atoms with E-state index in [9.17, 15) is 5.11 Å². The third-order valence-electron chi connectivity index (χ3n) is 4.90. The van der Waals surface area contributed by atoms with Crippen LogP contribution in [-0.4, -0.2) is 57.1 Å². The molecule has 1 heterocycles. The maximum atomic E-state index is 9.33. The van der Waals surface area contributed by atoms with Crippen LogP contribution in [0.5, 0.6) is 5.75 Å². The number of aliphatic imine (C=N–C) groups is 1. The van der Waals surface area contributed by atoms with Crippen molar-refractivity contribution >= 4 is 5.96 Å². The molecule has 3 N–H and O–H groups in total. The van der Waals surface area contributed by atoms with E-state index in [2.05, 4.69) is 36.6 Å². The van der Waals surface area contributed by atoms with Gasteiger partial charge in [0.25, 0.3) is 0 Å². The lowest BCUT2D eigenvalue weighted by Crippen LogP contribution is -2.39. The highest BCUT2D eigenvalue weighted by Crippen LogP contribution is 2.32. The van der Waals surface area contributed by atoms with Crippen LogP contribution in [0.15, 0.2) is 29.3 Å². The Morgan fingerprint density at radius 1 is 1.26 bits per heavy atom. The SMILES string of the molecule is CCNC(=NCC1(CCO)CCOC1)NCCCCOc1ccc(C)cc1. The number of aliphatic hydroxyl groups excluding tert-OH is 1. The molecule has 0 radical (unpaired) electrons. The maximum absolute atomic E-state index is 9.33. The highest BCUT2D eigenvalue weighted by atomic mass is 16.5. The second-order valence-electron chi connectivity index (χ2n) is 7.27. The van der Waals surface area contributed by atoms with Gasteiger partial charge in [0, 0.05) is 31.7 Å². The van der Waals surface area contributed by atoms with Gasteiger partial charge in [0.05, 0.1) is 19.8 Å². The van der Waals surface area contributed by atoms with Crippen molar-refractivity contribution in [3.8, 4) is 5.75 Å². The third kappa shape index (κ3) is 7.77. The minimum atomic E-state index is -0.0149. The molecule has 0 aliphatic carbocycles. The summed E-state index contributed by atoms with van der Waals surface area (Å²) in [5.74, 6) is 1.76. The molecular weight excluding hydrogens is 342 g/mol. The number of hydrogen-bond acceptors (Lipinski definition) is 4. The fourth-order valence-electron chi connectivity index (χ4n) is 3.13. The monoisotopic (exact) mass is 377 g/mol. The zero-order chi connectivity index (χ0) is 19.4. The molecule has 6 nitrogen and oxygen atoms in total. The lowest BCUT2D eigenvalue weighted by molar-refractivity contribution is 0.131. The van der Waals surface area contributed by atoms with E-state index in [1.165, 1.54) is 5.56 Å². The Labute approximate surface area is 163 Å². The van der Waals surface area contributed by atoms with Gasteiger partial charge in [-0.1, -0.05) is 17.7 Å². The molecule has 27 heavy (non-hydrogen) atoms. The molecule has 1 aromatic carbocycles. The van der Waals surface area contributed by atoms with Gasteiger partial charge >= 0.3 is 0 Å². The molecule has 1 atom stereocenters. The molecule has 1 aromatic rings. The fraction of sp³-hybridized carbons (Fsp3) is 0.667. The molecular formula is C21H35N3O3. The molecule has 0 bridgehead atoms. The fourth-order valence-corrected chi connectivity index (χ4v) is 3.13. The predicted octanol–water partition coefficient (Wildman–Crippen LogP) is 2.50. The van der Waals surface area contributed by atoms with E-state index in [0.29, 0.717) is 13.2 Å². The van der Waals surface area contributed by atoms with E-state index in [-0.39, 0.29) is 12.0 Å². The lowest BCUT2D eigenvalue weighted by atomic mass is 9.84. The van der Waals surface area contributed by atoms with Crippen LogP contribution in [0.25, 0.3) is 0 Å². The minimum absolute atomic E-state index is 0.0149. The zero-order valence-electron chi connectivity index (χ0n) is 16.8. The predicted molar refractivity (Wildman–Crippen MR) is 109 cm³/mol. The number of benzene rings is 1. The highest BCUT2D eigenvalue weighted by molar-refractivity contribution is 5.79. The van der Waals surface area contributed by atoms with E-state index < -0.39 is 0 Å². The van der Waals surface area contributed by atoms with Crippen molar-refractivity contribution in [3.63, 3.8) is 0 Å². The molecule has 0 amide bonds. The average molecular weight is 378 g/mol. The van der Waals surface area contributed by atoms with Gasteiger partial charge < -0.3 is 25.2 Å². The Morgan fingerprint density at radius 2 is 2.07 bits per heavy atom. The first-order chi connectivity index (χ1) is 13.2. The Kier molecular flexibility index (Phi) is 9.42. The summed E-state index contributed by atoms with van der Waals surface area (Å²) in [6, 6.07) is 8.15. The molecule has 0 spiro atoms. The zero-order valence-corrected chi connectivity index (χ0v) is 16.8. The lowest BCUT2D eigenvalue weighted by Gasteiger charge is -2.24. The van der Waals surface area contributed by atoms with Gasteiger partial charge in [0.1, 0.15) is 5.75 Å². The summed E-state index contributed by atoms with van der Waals surface area (Å²) in [7, 11) is 0. The van der Waals surface area contributed by atoms with E-state index in [0.717, 1.165) is 63.7 Å². The first-order valence-corrected chi connectivity index (χ1v) is 10.1. The van der Waals surface area contributed by atoms with Gasteiger partial charge in [-0.25, -0.2) is 0 Å². The number of aliphatic hydroxyl groups is 1. The summed E-state index contributed by atoms with van der Waals surface area (Å²) in [4.78, 5) is 4.73. The van der Waals surface area contributed by atoms with Crippen LogP contribution in [0.2, 0.25) is 0 Å².